The number of Topliss-reactive ketones (excluding diaryl/α,β-unsaturated/α-hetero) is 6. The van der Waals surface area contributed by atoms with Crippen LogP contribution in [-0.4, -0.2) is 34.7 Å². The first-order chi connectivity index (χ1) is 30.8. The predicted molar refractivity (Wildman–Crippen MR) is 250 cm³/mol. The van der Waals surface area contributed by atoms with Gasteiger partial charge in [-0.15, -0.1) is 54.6 Å². The Hall–Kier alpha value is -7.32. The summed E-state index contributed by atoms with van der Waals surface area (Å²) in [4.78, 5) is 73.4. The fourth-order valence-corrected chi connectivity index (χ4v) is 6.97. The summed E-state index contributed by atoms with van der Waals surface area (Å²) >= 11 is 0. The third-order valence-corrected chi connectivity index (χ3v) is 10.1. The predicted octanol–water partition coefficient (Wildman–Crippen LogP) is 12.3. The van der Waals surface area contributed by atoms with Crippen LogP contribution in [-0.2, 0) is 0 Å². The van der Waals surface area contributed by atoms with Gasteiger partial charge in [-0.05, 0) is 16.2 Å². The Morgan fingerprint density at radius 2 is 0.453 bits per heavy atom. The average Bonchev–Trinajstić information content (AvgIpc) is 3.34. The maximum absolute atomic E-state index is 12.4. The zero-order valence-corrected chi connectivity index (χ0v) is 36.4. The second-order valence-electron chi connectivity index (χ2n) is 14.3. The minimum absolute atomic E-state index is 0. The van der Waals surface area contributed by atoms with Crippen LogP contribution in [0.5, 0.6) is 0 Å². The summed E-state index contributed by atoms with van der Waals surface area (Å²) < 4.78 is 0. The number of fused-ring (bicyclic) bond motifs is 3. The molecule has 6 nitrogen and oxygen atoms in total. The minimum atomic E-state index is -0.270. The molecule has 0 atom stereocenters. The van der Waals surface area contributed by atoms with E-state index in [4.69, 9.17) is 0 Å². The molecule has 9 aromatic carbocycles. The topological polar surface area (TPSA) is 102 Å². The Labute approximate surface area is 402 Å². The smallest absolute Gasteiger partial charge is 0.318 e. The Balaban J connectivity index is 0.000000158. The Morgan fingerprint density at radius 3 is 0.719 bits per heavy atom. The van der Waals surface area contributed by atoms with Crippen LogP contribution in [0.4, 0.5) is 0 Å². The standard InChI is InChI=1S/3C19H13O2.Tb/c3*20-18(15-8-2-1-3-9-15)13-19(21)17-12-6-10-14-7-4-5-11-16(14)17;/h3*1-13H;/q3*-1;+3. The van der Waals surface area contributed by atoms with Gasteiger partial charge in [0, 0.05) is 0 Å². The summed E-state index contributed by atoms with van der Waals surface area (Å²) in [5.74, 6) is -1.60. The largest absolute Gasteiger partial charge is 3.00 e. The van der Waals surface area contributed by atoms with Crippen molar-refractivity contribution < 1.29 is 67.4 Å². The molecule has 9 rings (SSSR count). The molecule has 64 heavy (non-hydrogen) atoms. The molecule has 0 aliphatic carbocycles. The van der Waals surface area contributed by atoms with Gasteiger partial charge in [0.15, 0.2) is 0 Å². The molecule has 0 fully saturated rings. The van der Waals surface area contributed by atoms with E-state index in [1.165, 1.54) is 0 Å². The normalized spacial score (nSPS) is 10.1. The molecule has 0 aliphatic rings. The molecular formula is C57H39O6Tb. The number of rotatable bonds is 12. The van der Waals surface area contributed by atoms with Crippen molar-refractivity contribution in [2.24, 2.45) is 0 Å². The van der Waals surface area contributed by atoms with Crippen molar-refractivity contribution in [3.63, 3.8) is 0 Å². The second-order valence-corrected chi connectivity index (χ2v) is 14.3. The molecule has 9 aromatic rings. The van der Waals surface area contributed by atoms with E-state index in [1.807, 2.05) is 127 Å². The molecule has 312 valence electrons. The van der Waals surface area contributed by atoms with Crippen molar-refractivity contribution in [2.75, 3.05) is 0 Å². The van der Waals surface area contributed by atoms with Crippen molar-refractivity contribution in [3.8, 4) is 0 Å². The molecule has 0 aromatic heterocycles. The van der Waals surface area contributed by atoms with E-state index in [0.29, 0.717) is 33.4 Å². The van der Waals surface area contributed by atoms with E-state index in [1.54, 1.807) is 91.0 Å². The van der Waals surface area contributed by atoms with E-state index >= 15 is 0 Å². The molecule has 0 unspecified atom stereocenters. The van der Waals surface area contributed by atoms with Crippen LogP contribution >= 0.6 is 0 Å². The molecule has 0 spiro atoms. The third kappa shape index (κ3) is 11.8. The van der Waals surface area contributed by atoms with E-state index < -0.39 is 0 Å². The summed E-state index contributed by atoms with van der Waals surface area (Å²) in [5.41, 5.74) is 3.22. The maximum Gasteiger partial charge on any atom is 3.00 e. The Bertz CT molecular complexity index is 2740. The molecule has 7 heteroatoms. The first kappa shape index (κ1) is 46.2. The van der Waals surface area contributed by atoms with Crippen LogP contribution in [0.1, 0.15) is 62.1 Å². The van der Waals surface area contributed by atoms with Crippen LogP contribution in [0.15, 0.2) is 218 Å². The Kier molecular flexibility index (Phi) is 16.4. The van der Waals surface area contributed by atoms with Gasteiger partial charge in [-0.2, -0.15) is 0 Å². The summed E-state index contributed by atoms with van der Waals surface area (Å²) in [6.45, 7) is 0. The molecule has 0 N–H and O–H groups in total. The van der Waals surface area contributed by atoms with Crippen LogP contribution in [0.3, 0.4) is 0 Å². The molecule has 0 radical (unpaired) electrons. The van der Waals surface area contributed by atoms with Crippen molar-refractivity contribution in [2.45, 2.75) is 0 Å². The number of ketones is 6. The van der Waals surface area contributed by atoms with E-state index in [2.05, 4.69) is 0 Å². The van der Waals surface area contributed by atoms with Gasteiger partial charge in [-0.25, -0.2) is 0 Å². The zero-order valence-electron chi connectivity index (χ0n) is 34.3. The zero-order chi connectivity index (χ0) is 44.0. The summed E-state index contributed by atoms with van der Waals surface area (Å²) in [7, 11) is 0. The molecule has 0 aliphatic heterocycles. The number of benzene rings is 9. The van der Waals surface area contributed by atoms with Gasteiger partial charge in [-0.3, -0.25) is 0 Å². The Morgan fingerprint density at radius 1 is 0.234 bits per heavy atom. The van der Waals surface area contributed by atoms with E-state index in [9.17, 15) is 28.8 Å². The van der Waals surface area contributed by atoms with E-state index in [0.717, 1.165) is 51.6 Å². The van der Waals surface area contributed by atoms with E-state index in [-0.39, 0.29) is 73.3 Å². The van der Waals surface area contributed by atoms with Gasteiger partial charge in [0.2, 0.25) is 0 Å². The fraction of sp³-hybridized carbons (Fsp3) is 0. The minimum Gasteiger partial charge on any atom is -0.318 e. The third-order valence-electron chi connectivity index (χ3n) is 10.1. The monoisotopic (exact) mass is 978 g/mol. The number of hydrogen-bond donors (Lipinski definition) is 0. The molecule has 0 heterocycles. The van der Waals surface area contributed by atoms with Crippen molar-refractivity contribution in [1.29, 1.82) is 0 Å². The van der Waals surface area contributed by atoms with Gasteiger partial charge in [-0.1, -0.05) is 233 Å². The molecular weight excluding hydrogens is 940 g/mol. The molecule has 0 bridgehead atoms. The van der Waals surface area contributed by atoms with Gasteiger partial charge in [0.1, 0.15) is 0 Å². The summed E-state index contributed by atoms with van der Waals surface area (Å²) in [6, 6.07) is 66.0. The van der Waals surface area contributed by atoms with Crippen LogP contribution in [0.2, 0.25) is 0 Å². The molecule has 0 saturated carbocycles. The fourth-order valence-electron chi connectivity index (χ4n) is 6.97. The van der Waals surface area contributed by atoms with Crippen LogP contribution in [0.25, 0.3) is 32.3 Å². The number of carbonyl (C=O) groups is 6. The first-order valence-corrected chi connectivity index (χ1v) is 20.2. The summed E-state index contributed by atoms with van der Waals surface area (Å²) in [6.07, 6.45) is 3.49. The summed E-state index contributed by atoms with van der Waals surface area (Å²) in [5, 5.41) is 5.56. The quantitative estimate of drug-likeness (QED) is 0.0686. The maximum atomic E-state index is 12.4. The van der Waals surface area contributed by atoms with Gasteiger partial charge < -0.3 is 28.8 Å². The van der Waals surface area contributed by atoms with Crippen molar-refractivity contribution in [3.05, 3.63) is 271 Å². The first-order valence-electron chi connectivity index (χ1n) is 20.2. The van der Waals surface area contributed by atoms with Gasteiger partial charge in [0.05, 0.1) is 34.7 Å². The SMILES string of the molecule is O=C([CH-]C(=O)c1cccc2ccccc12)c1ccccc1.O=C([CH-]C(=O)c1cccc2ccccc12)c1ccccc1.O=C([CH-]C(=O)c1cccc2ccccc12)c1ccccc1.[Tb+3]. The molecule has 0 amide bonds. The van der Waals surface area contributed by atoms with Crippen LogP contribution in [0, 0.1) is 57.9 Å². The van der Waals surface area contributed by atoms with Gasteiger partial charge in [0.25, 0.3) is 0 Å². The second kappa shape index (κ2) is 22.7. The molecule has 0 saturated heterocycles. The van der Waals surface area contributed by atoms with Crippen LogP contribution < -0.4 is 0 Å². The average molecular weight is 979 g/mol. The van der Waals surface area contributed by atoms with Crippen molar-refractivity contribution >= 4 is 67.0 Å². The number of hydrogen-bond acceptors (Lipinski definition) is 6. The van der Waals surface area contributed by atoms with Gasteiger partial charge >= 0.3 is 38.6 Å². The number of carbonyl (C=O) groups excluding carboxylic acids is 6. The van der Waals surface area contributed by atoms with Crippen molar-refractivity contribution in [1.82, 2.24) is 0 Å².